The van der Waals surface area contributed by atoms with Gasteiger partial charge in [-0.2, -0.15) is 9.30 Å². The minimum atomic E-state index is -3.59. The van der Waals surface area contributed by atoms with Crippen LogP contribution < -0.4 is 9.54 Å². The number of aromatic nitrogens is 1. The SMILES string of the molecule is CCOc1cccc2sc(=NC(=O)c3ccc(S(=O)(=O)N(C)C4CCCC4)cc3)n(CC)c12. The molecule has 0 spiro atoms. The van der Waals surface area contributed by atoms with E-state index in [1.807, 2.05) is 36.6 Å². The van der Waals surface area contributed by atoms with Crippen molar-refractivity contribution in [2.45, 2.75) is 57.0 Å². The molecule has 33 heavy (non-hydrogen) atoms. The second-order valence-electron chi connectivity index (χ2n) is 8.07. The first-order chi connectivity index (χ1) is 15.9. The van der Waals surface area contributed by atoms with E-state index < -0.39 is 15.9 Å². The van der Waals surface area contributed by atoms with E-state index in [0.717, 1.165) is 41.6 Å². The van der Waals surface area contributed by atoms with Crippen molar-refractivity contribution in [2.75, 3.05) is 13.7 Å². The van der Waals surface area contributed by atoms with Gasteiger partial charge in [0.1, 0.15) is 11.3 Å². The molecule has 0 aliphatic heterocycles. The highest BCUT2D eigenvalue weighted by atomic mass is 32.2. The van der Waals surface area contributed by atoms with Gasteiger partial charge in [0.15, 0.2) is 4.80 Å². The summed E-state index contributed by atoms with van der Waals surface area (Å²) < 4.78 is 36.1. The summed E-state index contributed by atoms with van der Waals surface area (Å²) in [6.45, 7) is 5.13. The lowest BCUT2D eigenvalue weighted by Crippen LogP contribution is -2.35. The third-order valence-corrected chi connectivity index (χ3v) is 9.06. The zero-order valence-electron chi connectivity index (χ0n) is 19.2. The standard InChI is InChI=1S/C24H29N3O4S2/c1-4-27-22-20(31-5-2)11-8-12-21(22)32-24(27)25-23(28)17-13-15-19(16-14-17)33(29,30)26(3)18-9-6-7-10-18/h8,11-16,18H,4-7,9-10H2,1-3H3. The maximum absolute atomic E-state index is 13.0. The van der Waals surface area contributed by atoms with Crippen LogP contribution in [0.2, 0.25) is 0 Å². The van der Waals surface area contributed by atoms with Crippen LogP contribution in [0.3, 0.4) is 0 Å². The van der Waals surface area contributed by atoms with E-state index in [2.05, 4.69) is 4.99 Å². The van der Waals surface area contributed by atoms with Gasteiger partial charge in [-0.3, -0.25) is 4.79 Å². The Labute approximate surface area is 198 Å². The molecule has 2 aromatic carbocycles. The first-order valence-corrected chi connectivity index (χ1v) is 13.5. The highest BCUT2D eigenvalue weighted by molar-refractivity contribution is 7.89. The number of fused-ring (bicyclic) bond motifs is 1. The molecule has 7 nitrogen and oxygen atoms in total. The number of carbonyl (C=O) groups is 1. The van der Waals surface area contributed by atoms with Gasteiger partial charge in [0, 0.05) is 25.2 Å². The average molecular weight is 488 g/mol. The predicted molar refractivity (Wildman–Crippen MR) is 130 cm³/mol. The molecule has 0 atom stereocenters. The van der Waals surface area contributed by atoms with E-state index in [-0.39, 0.29) is 10.9 Å². The summed E-state index contributed by atoms with van der Waals surface area (Å²) in [6, 6.07) is 11.9. The third kappa shape index (κ3) is 4.62. The third-order valence-electron chi connectivity index (χ3n) is 6.09. The maximum atomic E-state index is 13.0. The fourth-order valence-electron chi connectivity index (χ4n) is 4.30. The van der Waals surface area contributed by atoms with Crippen LogP contribution in [0.1, 0.15) is 49.9 Å². The van der Waals surface area contributed by atoms with Gasteiger partial charge in [-0.15, -0.1) is 0 Å². The van der Waals surface area contributed by atoms with E-state index in [4.69, 9.17) is 4.74 Å². The lowest BCUT2D eigenvalue weighted by atomic mass is 10.2. The molecule has 9 heteroatoms. The molecule has 0 bridgehead atoms. The molecule has 0 unspecified atom stereocenters. The number of amides is 1. The molecule has 176 valence electrons. The Morgan fingerprint density at radius 2 is 1.85 bits per heavy atom. The van der Waals surface area contributed by atoms with Crippen molar-refractivity contribution in [1.29, 1.82) is 0 Å². The molecule has 0 saturated heterocycles. The summed E-state index contributed by atoms with van der Waals surface area (Å²) in [5, 5.41) is 0. The topological polar surface area (TPSA) is 81.0 Å². The van der Waals surface area contributed by atoms with Crippen molar-refractivity contribution in [3.05, 3.63) is 52.8 Å². The van der Waals surface area contributed by atoms with Gasteiger partial charge in [0.2, 0.25) is 10.0 Å². The molecule has 1 aliphatic rings. The van der Waals surface area contributed by atoms with E-state index >= 15 is 0 Å². The molecular weight excluding hydrogens is 458 g/mol. The fourth-order valence-corrected chi connectivity index (χ4v) is 6.83. The van der Waals surface area contributed by atoms with Crippen molar-refractivity contribution in [1.82, 2.24) is 8.87 Å². The van der Waals surface area contributed by atoms with E-state index in [1.54, 1.807) is 7.05 Å². The lowest BCUT2D eigenvalue weighted by Gasteiger charge is -2.23. The van der Waals surface area contributed by atoms with Crippen LogP contribution in [0.25, 0.3) is 10.2 Å². The van der Waals surface area contributed by atoms with E-state index in [9.17, 15) is 13.2 Å². The molecule has 3 aromatic rings. The number of sulfonamides is 1. The summed E-state index contributed by atoms with van der Waals surface area (Å²) in [4.78, 5) is 18.0. The monoisotopic (exact) mass is 487 g/mol. The molecule has 1 heterocycles. The maximum Gasteiger partial charge on any atom is 0.279 e. The average Bonchev–Trinajstić information content (AvgIpc) is 3.47. The Hall–Kier alpha value is -2.49. The molecular formula is C24H29N3O4S2. The van der Waals surface area contributed by atoms with Crippen molar-refractivity contribution >= 4 is 37.5 Å². The highest BCUT2D eigenvalue weighted by Gasteiger charge is 2.30. The number of carbonyl (C=O) groups excluding carboxylic acids is 1. The van der Waals surface area contributed by atoms with E-state index in [1.165, 1.54) is 39.9 Å². The molecule has 0 radical (unpaired) electrons. The van der Waals surface area contributed by atoms with Crippen LogP contribution in [0.15, 0.2) is 52.4 Å². The smallest absolute Gasteiger partial charge is 0.279 e. The second kappa shape index (κ2) is 9.79. The quantitative estimate of drug-likeness (QED) is 0.494. The van der Waals surface area contributed by atoms with Gasteiger partial charge in [-0.1, -0.05) is 30.2 Å². The van der Waals surface area contributed by atoms with Crippen LogP contribution in [-0.2, 0) is 16.6 Å². The van der Waals surface area contributed by atoms with Gasteiger partial charge >= 0.3 is 0 Å². The van der Waals surface area contributed by atoms with Crippen LogP contribution in [0.5, 0.6) is 5.75 Å². The Balaban J connectivity index is 1.64. The lowest BCUT2D eigenvalue weighted by molar-refractivity contribution is 0.0997. The van der Waals surface area contributed by atoms with Crippen LogP contribution in [0, 0.1) is 0 Å². The fraction of sp³-hybridized carbons (Fsp3) is 0.417. The first kappa shape index (κ1) is 23.7. The highest BCUT2D eigenvalue weighted by Crippen LogP contribution is 2.29. The van der Waals surface area contributed by atoms with Gasteiger partial charge in [0.25, 0.3) is 5.91 Å². The van der Waals surface area contributed by atoms with Gasteiger partial charge in [-0.25, -0.2) is 8.42 Å². The number of aryl methyl sites for hydroxylation is 1. The number of hydrogen-bond acceptors (Lipinski definition) is 5. The summed E-state index contributed by atoms with van der Waals surface area (Å²) in [5.74, 6) is 0.359. The van der Waals surface area contributed by atoms with Crippen LogP contribution >= 0.6 is 11.3 Å². The molecule has 0 N–H and O–H groups in total. The van der Waals surface area contributed by atoms with Crippen molar-refractivity contribution in [2.24, 2.45) is 4.99 Å². The summed E-state index contributed by atoms with van der Waals surface area (Å²) >= 11 is 1.43. The number of nitrogens with zero attached hydrogens (tertiary/aromatic N) is 3. The van der Waals surface area contributed by atoms with Gasteiger partial charge in [0.05, 0.1) is 16.2 Å². The number of benzene rings is 2. The van der Waals surface area contributed by atoms with Crippen LogP contribution in [0.4, 0.5) is 0 Å². The van der Waals surface area contributed by atoms with Crippen molar-refractivity contribution in [3.63, 3.8) is 0 Å². The molecule has 1 fully saturated rings. The summed E-state index contributed by atoms with van der Waals surface area (Å²) in [7, 11) is -1.95. The normalized spacial score (nSPS) is 15.6. The number of para-hydroxylation sites is 1. The Kier molecular flexibility index (Phi) is 7.02. The zero-order chi connectivity index (χ0) is 23.6. The molecule has 4 rings (SSSR count). The van der Waals surface area contributed by atoms with Crippen molar-refractivity contribution < 1.29 is 17.9 Å². The predicted octanol–water partition coefficient (Wildman–Crippen LogP) is 4.43. The summed E-state index contributed by atoms with van der Waals surface area (Å²) in [6.07, 6.45) is 3.90. The summed E-state index contributed by atoms with van der Waals surface area (Å²) in [5.41, 5.74) is 1.28. The molecule has 1 aliphatic carbocycles. The van der Waals surface area contributed by atoms with Gasteiger partial charge < -0.3 is 9.30 Å². The first-order valence-electron chi connectivity index (χ1n) is 11.3. The molecule has 1 amide bonds. The molecule has 1 saturated carbocycles. The largest absolute Gasteiger partial charge is 0.492 e. The number of rotatable bonds is 7. The van der Waals surface area contributed by atoms with Gasteiger partial charge in [-0.05, 0) is 63.1 Å². The van der Waals surface area contributed by atoms with Crippen molar-refractivity contribution in [3.8, 4) is 5.75 Å². The minimum absolute atomic E-state index is 0.0466. The number of hydrogen-bond donors (Lipinski definition) is 0. The Bertz CT molecular complexity index is 1320. The zero-order valence-corrected chi connectivity index (χ0v) is 20.8. The molecule has 1 aromatic heterocycles. The Morgan fingerprint density at radius 1 is 1.15 bits per heavy atom. The minimum Gasteiger partial charge on any atom is -0.492 e. The van der Waals surface area contributed by atoms with E-state index in [0.29, 0.717) is 23.5 Å². The van der Waals surface area contributed by atoms with Crippen LogP contribution in [-0.4, -0.2) is 42.9 Å². The number of ether oxygens (including phenoxy) is 1. The second-order valence-corrected chi connectivity index (χ2v) is 11.1. The number of thiazole rings is 1. The Morgan fingerprint density at radius 3 is 2.48 bits per heavy atom.